The van der Waals surface area contributed by atoms with Gasteiger partial charge in [-0.3, -0.25) is 19.7 Å². The van der Waals surface area contributed by atoms with Gasteiger partial charge in [-0.1, -0.05) is 24.3 Å². The number of non-ortho nitro benzene ring substituents is 1. The monoisotopic (exact) mass is 409 g/mol. The number of carbonyl (C=O) groups excluding carboxylic acids is 2. The molecule has 8 nitrogen and oxygen atoms in total. The Kier molecular flexibility index (Phi) is 7.15. The maximum atomic E-state index is 11.9. The van der Waals surface area contributed by atoms with Crippen molar-refractivity contribution in [2.75, 3.05) is 13.2 Å². The molecule has 30 heavy (non-hydrogen) atoms. The van der Waals surface area contributed by atoms with E-state index in [0.29, 0.717) is 30.3 Å². The molecule has 8 heteroatoms. The largest absolute Gasteiger partial charge is 0.484 e. The number of amides is 2. The van der Waals surface area contributed by atoms with Crippen molar-refractivity contribution in [1.82, 2.24) is 10.6 Å². The summed E-state index contributed by atoms with van der Waals surface area (Å²) in [6.07, 6.45) is 5.61. The van der Waals surface area contributed by atoms with Crippen molar-refractivity contribution >= 4 is 23.6 Å². The molecule has 0 unspecified atom stereocenters. The minimum atomic E-state index is -0.476. The third-order valence-electron chi connectivity index (χ3n) is 4.46. The zero-order valence-corrected chi connectivity index (χ0v) is 16.4. The normalized spacial score (nSPS) is 13.1. The van der Waals surface area contributed by atoms with Gasteiger partial charge in [0.2, 0.25) is 5.91 Å². The number of ether oxygens (including phenoxy) is 1. The average Bonchev–Trinajstić information content (AvgIpc) is 3.56. The Morgan fingerprint density at radius 3 is 2.63 bits per heavy atom. The van der Waals surface area contributed by atoms with Crippen molar-refractivity contribution < 1.29 is 19.2 Å². The van der Waals surface area contributed by atoms with Gasteiger partial charge in [-0.05, 0) is 48.6 Å². The van der Waals surface area contributed by atoms with Gasteiger partial charge in [-0.2, -0.15) is 0 Å². The standard InChI is InChI=1S/C22H23N3O5/c26-21(11-6-17-2-1-3-19(14-17)25(28)29)23-13-12-16-4-9-20(10-5-16)30-15-22(27)24-18-7-8-18/h1-6,9-11,14,18H,7-8,12-13,15H2,(H,23,26)(H,24,27)/b11-6+. The Balaban J connectivity index is 1.37. The molecule has 0 radical (unpaired) electrons. The molecule has 0 atom stereocenters. The average molecular weight is 409 g/mol. The lowest BCUT2D eigenvalue weighted by Gasteiger charge is -2.08. The molecule has 156 valence electrons. The smallest absolute Gasteiger partial charge is 0.270 e. The summed E-state index contributed by atoms with van der Waals surface area (Å²) < 4.78 is 5.46. The fraction of sp³-hybridized carbons (Fsp3) is 0.273. The number of nitrogens with one attached hydrogen (secondary N) is 2. The predicted octanol–water partition coefficient (Wildman–Crippen LogP) is 2.62. The molecule has 3 rings (SSSR count). The van der Waals surface area contributed by atoms with Crippen LogP contribution in [0, 0.1) is 10.1 Å². The van der Waals surface area contributed by atoms with Crippen LogP contribution in [0.25, 0.3) is 6.08 Å². The summed E-state index contributed by atoms with van der Waals surface area (Å²) in [6, 6.07) is 13.8. The lowest BCUT2D eigenvalue weighted by Crippen LogP contribution is -2.30. The highest BCUT2D eigenvalue weighted by molar-refractivity contribution is 5.91. The quantitative estimate of drug-likeness (QED) is 0.356. The Morgan fingerprint density at radius 1 is 1.17 bits per heavy atom. The van der Waals surface area contributed by atoms with E-state index in [1.807, 2.05) is 12.1 Å². The summed E-state index contributed by atoms with van der Waals surface area (Å²) in [6.45, 7) is 0.449. The van der Waals surface area contributed by atoms with Crippen LogP contribution in [0.2, 0.25) is 0 Å². The van der Waals surface area contributed by atoms with E-state index >= 15 is 0 Å². The third-order valence-corrected chi connectivity index (χ3v) is 4.46. The van der Waals surface area contributed by atoms with Gasteiger partial charge in [0, 0.05) is 30.8 Å². The molecule has 0 aromatic heterocycles. The van der Waals surface area contributed by atoms with Crippen LogP contribution in [0.15, 0.2) is 54.6 Å². The van der Waals surface area contributed by atoms with Crippen LogP contribution in [-0.2, 0) is 16.0 Å². The Labute approximate surface area is 174 Å². The molecule has 2 aromatic rings. The summed E-state index contributed by atoms with van der Waals surface area (Å²) in [5.41, 5.74) is 1.59. The van der Waals surface area contributed by atoms with Gasteiger partial charge < -0.3 is 15.4 Å². The predicted molar refractivity (Wildman–Crippen MR) is 112 cm³/mol. The van der Waals surface area contributed by atoms with Crippen molar-refractivity contribution in [3.05, 3.63) is 75.8 Å². The zero-order chi connectivity index (χ0) is 21.3. The first-order valence-electron chi connectivity index (χ1n) is 9.71. The molecule has 0 bridgehead atoms. The Morgan fingerprint density at radius 2 is 1.93 bits per heavy atom. The summed E-state index contributed by atoms with van der Waals surface area (Å²) >= 11 is 0. The van der Waals surface area contributed by atoms with Gasteiger partial charge in [0.15, 0.2) is 6.61 Å². The van der Waals surface area contributed by atoms with Gasteiger partial charge >= 0.3 is 0 Å². The molecular weight excluding hydrogens is 386 g/mol. The molecule has 0 aliphatic heterocycles. The topological polar surface area (TPSA) is 111 Å². The molecule has 1 saturated carbocycles. The van der Waals surface area contributed by atoms with Crippen molar-refractivity contribution in [3.8, 4) is 5.75 Å². The maximum Gasteiger partial charge on any atom is 0.270 e. The summed E-state index contributed by atoms with van der Waals surface area (Å²) in [4.78, 5) is 33.8. The minimum Gasteiger partial charge on any atom is -0.484 e. The first kappa shape index (κ1) is 21.0. The second-order valence-corrected chi connectivity index (χ2v) is 7.00. The molecule has 1 aliphatic carbocycles. The molecule has 2 amide bonds. The van der Waals surface area contributed by atoms with Gasteiger partial charge in [0.25, 0.3) is 11.6 Å². The van der Waals surface area contributed by atoms with Gasteiger partial charge in [0.1, 0.15) is 5.75 Å². The van der Waals surface area contributed by atoms with Crippen LogP contribution in [0.5, 0.6) is 5.75 Å². The van der Waals surface area contributed by atoms with Crippen molar-refractivity contribution in [2.24, 2.45) is 0 Å². The van der Waals surface area contributed by atoms with E-state index in [-0.39, 0.29) is 24.1 Å². The molecule has 2 aromatic carbocycles. The van der Waals surface area contributed by atoms with Crippen LogP contribution in [0.3, 0.4) is 0 Å². The molecule has 1 fully saturated rings. The molecular formula is C22H23N3O5. The zero-order valence-electron chi connectivity index (χ0n) is 16.4. The van der Waals surface area contributed by atoms with Crippen molar-refractivity contribution in [2.45, 2.75) is 25.3 Å². The number of nitro benzene ring substituents is 1. The highest BCUT2D eigenvalue weighted by Gasteiger charge is 2.23. The first-order valence-corrected chi connectivity index (χ1v) is 9.71. The number of rotatable bonds is 10. The van der Waals surface area contributed by atoms with Crippen molar-refractivity contribution in [3.63, 3.8) is 0 Å². The molecule has 2 N–H and O–H groups in total. The number of nitro groups is 1. The molecule has 0 heterocycles. The van der Waals surface area contributed by atoms with Crippen LogP contribution in [0.4, 0.5) is 5.69 Å². The van der Waals surface area contributed by atoms with Crippen molar-refractivity contribution in [1.29, 1.82) is 0 Å². The molecule has 0 saturated heterocycles. The van der Waals surface area contributed by atoms with Gasteiger partial charge in [0.05, 0.1) is 4.92 Å². The van der Waals surface area contributed by atoms with Crippen LogP contribution in [0.1, 0.15) is 24.0 Å². The van der Waals surface area contributed by atoms with Gasteiger partial charge in [-0.25, -0.2) is 0 Å². The second kappa shape index (κ2) is 10.2. The van der Waals surface area contributed by atoms with E-state index in [1.165, 1.54) is 24.3 Å². The van der Waals surface area contributed by atoms with E-state index < -0.39 is 4.92 Å². The Bertz CT molecular complexity index is 936. The second-order valence-electron chi connectivity index (χ2n) is 7.00. The van der Waals surface area contributed by atoms with Crippen LogP contribution in [-0.4, -0.2) is 35.9 Å². The number of hydrogen-bond acceptors (Lipinski definition) is 5. The highest BCUT2D eigenvalue weighted by atomic mass is 16.6. The van der Waals surface area contributed by atoms with E-state index in [0.717, 1.165) is 18.4 Å². The number of carbonyl (C=O) groups is 2. The molecule has 1 aliphatic rings. The fourth-order valence-electron chi connectivity index (χ4n) is 2.70. The van der Waals surface area contributed by atoms with Gasteiger partial charge in [-0.15, -0.1) is 0 Å². The number of nitrogens with zero attached hydrogens (tertiary/aromatic N) is 1. The maximum absolute atomic E-state index is 11.9. The first-order chi connectivity index (χ1) is 14.5. The van der Waals surface area contributed by atoms with Crippen LogP contribution < -0.4 is 15.4 Å². The summed E-state index contributed by atoms with van der Waals surface area (Å²) in [5.74, 6) is 0.235. The number of hydrogen-bond donors (Lipinski definition) is 2. The Hall–Kier alpha value is -3.68. The van der Waals surface area contributed by atoms with Crippen LogP contribution >= 0.6 is 0 Å². The van der Waals surface area contributed by atoms with E-state index in [9.17, 15) is 19.7 Å². The third kappa shape index (κ3) is 7.05. The minimum absolute atomic E-state index is 0.00279. The van der Waals surface area contributed by atoms with E-state index in [4.69, 9.17) is 4.74 Å². The number of benzene rings is 2. The summed E-state index contributed by atoms with van der Waals surface area (Å²) in [7, 11) is 0. The lowest BCUT2D eigenvalue weighted by atomic mass is 10.1. The SMILES string of the molecule is O=C(/C=C/c1cccc([N+](=O)[O-])c1)NCCc1ccc(OCC(=O)NC2CC2)cc1. The van der Waals surface area contributed by atoms with E-state index in [1.54, 1.807) is 24.3 Å². The lowest BCUT2D eigenvalue weighted by molar-refractivity contribution is -0.384. The summed E-state index contributed by atoms with van der Waals surface area (Å²) in [5, 5.41) is 16.4. The fourth-order valence-corrected chi connectivity index (χ4v) is 2.70. The highest BCUT2D eigenvalue weighted by Crippen LogP contribution is 2.18. The molecule has 0 spiro atoms. The van der Waals surface area contributed by atoms with E-state index in [2.05, 4.69) is 10.6 Å².